The van der Waals surface area contributed by atoms with Crippen LogP contribution >= 0.6 is 0 Å². The van der Waals surface area contributed by atoms with Gasteiger partial charge in [-0.25, -0.2) is 0 Å². The summed E-state index contributed by atoms with van der Waals surface area (Å²) in [6, 6.07) is 0. The molecule has 0 radical (unpaired) electrons. The molecule has 0 atom stereocenters. The van der Waals surface area contributed by atoms with Crippen LogP contribution in [0.5, 0.6) is 0 Å². The first-order valence-electron chi connectivity index (χ1n) is 0.894. The molecule has 0 aliphatic rings. The van der Waals surface area contributed by atoms with Crippen molar-refractivity contribution in [1.82, 2.24) is 0 Å². The average Bonchev–Trinajstić information content (AvgIpc) is 0.722. The first-order valence-corrected chi connectivity index (χ1v) is 2.68. The average molecular weight is 226 g/mol. The van der Waals surface area contributed by atoms with E-state index in [0.717, 1.165) is 0 Å². The number of rotatable bonds is 0. The third-order valence-electron chi connectivity index (χ3n) is 0. The predicted octanol–water partition coefficient (Wildman–Crippen LogP) is -6.83. The molecule has 0 aliphatic carbocycles. The molecule has 0 amide bonds. The zero-order valence-corrected chi connectivity index (χ0v) is 10.1. The molecule has 0 heterocycles. The van der Waals surface area contributed by atoms with Crippen LogP contribution in [0.1, 0.15) is 4.28 Å². The Morgan fingerprint density at radius 1 is 1.00 bits per heavy atom. The van der Waals surface area contributed by atoms with E-state index in [4.69, 9.17) is 19.2 Å². The molecule has 0 rings (SSSR count). The summed E-state index contributed by atoms with van der Waals surface area (Å²) in [5, 5.41) is 0. The first-order chi connectivity index (χ1) is 2.00. The van der Waals surface area contributed by atoms with Gasteiger partial charge in [0, 0.05) is 19.5 Å². The Labute approximate surface area is 110 Å². The Hall–Kier alpha value is 2.58. The molecule has 0 unspecified atom stereocenters. The van der Waals surface area contributed by atoms with Gasteiger partial charge in [0.2, 0.25) is 0 Å². The topological polar surface area (TPSA) is 80.9 Å². The summed E-state index contributed by atoms with van der Waals surface area (Å²) in [5.41, 5.74) is 0. The first kappa shape index (κ1) is 29.9. The molecule has 9 heteroatoms. The van der Waals surface area contributed by atoms with Gasteiger partial charge in [-0.3, -0.25) is 0 Å². The molecule has 0 aromatic carbocycles. The molecule has 9 heavy (non-hydrogen) atoms. The third kappa shape index (κ3) is 117. The maximum Gasteiger partial charge on any atom is 2.00 e. The minimum Gasteiger partial charge on any atom is -1.00 e. The van der Waals surface area contributed by atoms with E-state index in [9.17, 15) is 0 Å². The molecule has 46 valence electrons. The Morgan fingerprint density at radius 3 is 1.00 bits per heavy atom. The summed E-state index contributed by atoms with van der Waals surface area (Å²) in [5.74, 6) is 0. The van der Waals surface area contributed by atoms with Crippen LogP contribution in [0.15, 0.2) is 0 Å². The molecule has 0 aromatic rings. The molecule has 4 nitrogen and oxygen atoms in total. The second-order valence-corrected chi connectivity index (χ2v) is 1.80. The van der Waals surface area contributed by atoms with Crippen molar-refractivity contribution < 1.29 is 61.8 Å². The normalized spacial score (nSPS) is 6.67. The Kier molecular flexibility index (Phi) is 43.9. The van der Waals surface area contributed by atoms with Crippen LogP contribution in [0.4, 0.5) is 0 Å². The van der Waals surface area contributed by atoms with E-state index in [1.807, 2.05) is 0 Å². The van der Waals surface area contributed by atoms with Crippen molar-refractivity contribution >= 4 is 49.5 Å². The van der Waals surface area contributed by atoms with Crippen LogP contribution in [-0.4, -0.2) is 68.6 Å². The SMILES string of the molecule is O[Si](O)(O)O.[AlH3].[H-].[H-].[H-].[Li+].[Mg+2].[Zn]. The molecule has 0 saturated heterocycles. The van der Waals surface area contributed by atoms with Gasteiger partial charge in [-0.05, 0) is 0 Å². The van der Waals surface area contributed by atoms with Gasteiger partial charge >= 0.3 is 51.0 Å². The van der Waals surface area contributed by atoms with Crippen molar-refractivity contribution in [2.45, 2.75) is 0 Å². The predicted molar refractivity (Wildman–Crippen MR) is 33.7 cm³/mol. The standard InChI is InChI=1S/Al.Li.Mg.H4O4Si.Zn.6H/c;;;1-5(2,3)4;;;;;;;/h;;;1-4H;;;;;;;/q;+1;+2;;;;;;3*-1. The van der Waals surface area contributed by atoms with Crippen molar-refractivity contribution in [3.63, 3.8) is 0 Å². The molecule has 0 bridgehead atoms. The summed E-state index contributed by atoms with van der Waals surface area (Å²) in [7, 11) is -4.61. The van der Waals surface area contributed by atoms with Crippen LogP contribution in [0.25, 0.3) is 0 Å². The molecule has 4 N–H and O–H groups in total. The Bertz CT molecular complexity index is 45.8. The zero-order valence-electron chi connectivity index (χ0n) is 7.70. The molecule has 0 aromatic heterocycles. The van der Waals surface area contributed by atoms with Crippen LogP contribution in [0, 0.1) is 0 Å². The number of hydrogen-bond donors (Lipinski definition) is 4. The van der Waals surface area contributed by atoms with Crippen LogP contribution < -0.4 is 18.9 Å². The van der Waals surface area contributed by atoms with Gasteiger partial charge in [0.1, 0.15) is 0 Å². The van der Waals surface area contributed by atoms with Crippen molar-refractivity contribution in [1.29, 1.82) is 0 Å². The van der Waals surface area contributed by atoms with Crippen LogP contribution in [0.2, 0.25) is 0 Å². The van der Waals surface area contributed by atoms with Crippen LogP contribution in [-0.2, 0) is 19.5 Å². The molecular formula is H10AlLiMgO4SiZn. The van der Waals surface area contributed by atoms with Gasteiger partial charge in [-0.15, -0.1) is 0 Å². The van der Waals surface area contributed by atoms with E-state index in [2.05, 4.69) is 0 Å². The molecule has 0 saturated carbocycles. The summed E-state index contributed by atoms with van der Waals surface area (Å²) in [4.78, 5) is 29.3. The van der Waals surface area contributed by atoms with Gasteiger partial charge < -0.3 is 23.5 Å². The van der Waals surface area contributed by atoms with Crippen molar-refractivity contribution in [3.05, 3.63) is 0 Å². The second-order valence-electron chi connectivity index (χ2n) is 0.600. The quantitative estimate of drug-likeness (QED) is 0.309. The van der Waals surface area contributed by atoms with Gasteiger partial charge in [0.05, 0.1) is 0 Å². The fourth-order valence-electron chi connectivity index (χ4n) is 0. The van der Waals surface area contributed by atoms with E-state index in [-0.39, 0.29) is 83.0 Å². The summed E-state index contributed by atoms with van der Waals surface area (Å²) >= 11 is 0. The monoisotopic (exact) mass is 224 g/mol. The summed E-state index contributed by atoms with van der Waals surface area (Å²) in [6.07, 6.45) is 0. The van der Waals surface area contributed by atoms with Crippen LogP contribution in [0.3, 0.4) is 0 Å². The molecule has 0 fully saturated rings. The summed E-state index contributed by atoms with van der Waals surface area (Å²) in [6.45, 7) is 0. The minimum absolute atomic E-state index is 0. The van der Waals surface area contributed by atoms with Gasteiger partial charge in [-0.1, -0.05) is 0 Å². The second kappa shape index (κ2) is 13.2. The van der Waals surface area contributed by atoms with Crippen molar-refractivity contribution in [2.75, 3.05) is 0 Å². The fourth-order valence-corrected chi connectivity index (χ4v) is 0. The summed E-state index contributed by atoms with van der Waals surface area (Å²) < 4.78 is 0. The van der Waals surface area contributed by atoms with E-state index in [0.29, 0.717) is 0 Å². The Morgan fingerprint density at radius 2 is 1.00 bits per heavy atom. The molecular weight excluding hydrogens is 216 g/mol. The smallest absolute Gasteiger partial charge is 1.00 e. The van der Waals surface area contributed by atoms with E-state index < -0.39 is 9.05 Å². The molecule has 0 aliphatic heterocycles. The van der Waals surface area contributed by atoms with E-state index in [1.165, 1.54) is 0 Å². The van der Waals surface area contributed by atoms with E-state index >= 15 is 0 Å². The van der Waals surface area contributed by atoms with E-state index in [1.54, 1.807) is 0 Å². The largest absolute Gasteiger partial charge is 2.00 e. The Balaban J connectivity index is -0.00000000381. The number of hydrogen-bond acceptors (Lipinski definition) is 4. The maximum atomic E-state index is 7.33. The minimum atomic E-state index is -4.61. The van der Waals surface area contributed by atoms with Gasteiger partial charge in [0.25, 0.3) is 0 Å². The van der Waals surface area contributed by atoms with Gasteiger partial charge in [0.15, 0.2) is 17.4 Å². The third-order valence-corrected chi connectivity index (χ3v) is 0. The maximum absolute atomic E-state index is 7.33. The van der Waals surface area contributed by atoms with Crippen molar-refractivity contribution in [2.24, 2.45) is 0 Å². The van der Waals surface area contributed by atoms with Gasteiger partial charge in [-0.2, -0.15) is 0 Å². The fraction of sp³-hybridized carbons (Fsp3) is 0. The molecule has 0 spiro atoms. The van der Waals surface area contributed by atoms with Crippen molar-refractivity contribution in [3.8, 4) is 0 Å². The zero-order chi connectivity index (χ0) is 4.50.